The molecular weight excluding hydrogens is 714 g/mol. The molecule has 5 N–H and O–H groups in total. The van der Waals surface area contributed by atoms with Crippen molar-refractivity contribution < 1.29 is 19.4 Å². The SMILES string of the molecule is COC(=O)Cn1nnnc1-c1c(Cl)c(Cl)cc2[nH]c(=O)c(=O)[nH]c12.O=C(O)Cn1nnnc1-c1c(Cl)c(Cl)cc2[nH]c(=O)c(=O)[nH]c12. The number of halogens is 4. The van der Waals surface area contributed by atoms with E-state index in [-0.39, 0.29) is 71.5 Å². The smallest absolute Gasteiger partial charge is 0.327 e. The van der Waals surface area contributed by atoms with E-state index in [9.17, 15) is 28.8 Å². The van der Waals surface area contributed by atoms with Crippen molar-refractivity contribution in [3.63, 3.8) is 0 Å². The van der Waals surface area contributed by atoms with Crippen molar-refractivity contribution in [1.82, 2.24) is 60.4 Å². The van der Waals surface area contributed by atoms with E-state index in [0.717, 1.165) is 9.36 Å². The first-order valence-electron chi connectivity index (χ1n) is 12.4. The topological polar surface area (TPSA) is 282 Å². The number of H-pyrrole nitrogens is 4. The zero-order chi connectivity index (χ0) is 34.2. The molecule has 0 atom stereocenters. The van der Waals surface area contributed by atoms with Gasteiger partial charge in [-0.15, -0.1) is 10.2 Å². The Kier molecular flexibility index (Phi) is 9.19. The number of nitrogens with one attached hydrogen (secondary N) is 4. The number of aliphatic carboxylic acids is 1. The summed E-state index contributed by atoms with van der Waals surface area (Å²) in [6.07, 6.45) is 0. The van der Waals surface area contributed by atoms with Crippen LogP contribution in [0, 0.1) is 0 Å². The molecule has 0 unspecified atom stereocenters. The molecule has 0 aliphatic rings. The number of nitrogens with zero attached hydrogens (tertiary/aromatic N) is 8. The molecule has 0 radical (unpaired) electrons. The van der Waals surface area contributed by atoms with Gasteiger partial charge in [0.25, 0.3) is 0 Å². The summed E-state index contributed by atoms with van der Waals surface area (Å²) in [5.74, 6) is -1.72. The van der Waals surface area contributed by atoms with Gasteiger partial charge in [-0.25, -0.2) is 9.36 Å². The molecule has 0 spiro atoms. The monoisotopic (exact) mass is 726 g/mol. The number of esters is 1. The predicted molar refractivity (Wildman–Crippen MR) is 164 cm³/mol. The van der Waals surface area contributed by atoms with Crippen molar-refractivity contribution in [3.05, 3.63) is 73.6 Å². The number of aromatic amines is 4. The van der Waals surface area contributed by atoms with E-state index in [1.165, 1.54) is 19.2 Å². The average molecular weight is 728 g/mol. The molecule has 0 amide bonds. The molecule has 0 aliphatic carbocycles. The summed E-state index contributed by atoms with van der Waals surface area (Å²) in [5.41, 5.74) is -2.49. The Hall–Kier alpha value is -5.44. The van der Waals surface area contributed by atoms with Gasteiger partial charge in [-0.1, -0.05) is 46.4 Å². The van der Waals surface area contributed by atoms with Crippen LogP contribution >= 0.6 is 46.4 Å². The number of fused-ring (bicyclic) bond motifs is 2. The number of aromatic nitrogens is 12. The molecule has 242 valence electrons. The zero-order valence-corrected chi connectivity index (χ0v) is 26.0. The maximum absolute atomic E-state index is 11.7. The Morgan fingerprint density at radius 1 is 0.723 bits per heavy atom. The lowest BCUT2D eigenvalue weighted by atomic mass is 10.1. The van der Waals surface area contributed by atoms with Crippen molar-refractivity contribution in [3.8, 4) is 22.8 Å². The lowest BCUT2D eigenvalue weighted by Gasteiger charge is -2.10. The molecule has 0 saturated carbocycles. The Morgan fingerprint density at radius 3 is 1.53 bits per heavy atom. The molecule has 6 rings (SSSR count). The molecule has 0 fully saturated rings. The highest BCUT2D eigenvalue weighted by molar-refractivity contribution is 6.45. The van der Waals surface area contributed by atoms with Gasteiger partial charge in [0.2, 0.25) is 0 Å². The lowest BCUT2D eigenvalue weighted by Crippen LogP contribution is -2.29. The van der Waals surface area contributed by atoms with Crippen LogP contribution in [0.4, 0.5) is 0 Å². The molecule has 24 heteroatoms. The molecule has 2 aromatic carbocycles. The van der Waals surface area contributed by atoms with Crippen LogP contribution in [0.1, 0.15) is 0 Å². The average Bonchev–Trinajstić information content (AvgIpc) is 3.66. The quantitative estimate of drug-likeness (QED) is 0.116. The maximum atomic E-state index is 11.7. The zero-order valence-electron chi connectivity index (χ0n) is 23.0. The molecule has 4 aromatic heterocycles. The van der Waals surface area contributed by atoms with Gasteiger partial charge in [-0.2, -0.15) is 0 Å². The molecule has 0 bridgehead atoms. The van der Waals surface area contributed by atoms with Gasteiger partial charge in [-0.3, -0.25) is 28.8 Å². The fourth-order valence-corrected chi connectivity index (χ4v) is 5.00. The highest BCUT2D eigenvalue weighted by atomic mass is 35.5. The number of carboxylic acid groups (broad SMARTS) is 1. The second-order valence-electron chi connectivity index (χ2n) is 9.05. The number of rotatable bonds is 6. The fraction of sp³-hybridized carbons (Fsp3) is 0.130. The summed E-state index contributed by atoms with van der Waals surface area (Å²) in [7, 11) is 1.22. The highest BCUT2D eigenvalue weighted by Gasteiger charge is 2.23. The first-order chi connectivity index (χ1) is 22.3. The Morgan fingerprint density at radius 2 is 1.13 bits per heavy atom. The third-order valence-corrected chi connectivity index (χ3v) is 7.70. The summed E-state index contributed by atoms with van der Waals surface area (Å²) in [4.78, 5) is 78.0. The predicted octanol–water partition coefficient (Wildman–Crippen LogP) is 0.611. The Labute approximate surface area is 276 Å². The third-order valence-electron chi connectivity index (χ3n) is 6.13. The van der Waals surface area contributed by atoms with Gasteiger partial charge in [0.1, 0.15) is 13.1 Å². The lowest BCUT2D eigenvalue weighted by molar-refractivity contribution is -0.141. The van der Waals surface area contributed by atoms with E-state index in [1.54, 1.807) is 0 Å². The summed E-state index contributed by atoms with van der Waals surface area (Å²) in [6.45, 7) is -0.809. The van der Waals surface area contributed by atoms with Crippen molar-refractivity contribution in [2.45, 2.75) is 13.1 Å². The first-order valence-corrected chi connectivity index (χ1v) is 13.9. The summed E-state index contributed by atoms with van der Waals surface area (Å²) < 4.78 is 6.68. The van der Waals surface area contributed by atoms with Gasteiger partial charge < -0.3 is 29.8 Å². The second-order valence-corrected chi connectivity index (χ2v) is 10.6. The van der Waals surface area contributed by atoms with Crippen LogP contribution in [0.25, 0.3) is 44.8 Å². The minimum Gasteiger partial charge on any atom is -0.480 e. The van der Waals surface area contributed by atoms with Gasteiger partial charge in [-0.05, 0) is 33.0 Å². The Balaban J connectivity index is 0.000000185. The summed E-state index contributed by atoms with van der Waals surface area (Å²) in [5, 5.41) is 30.8. The normalized spacial score (nSPS) is 11.0. The molecule has 0 aliphatic heterocycles. The molecular formula is C23H14Cl4N12O8. The minimum atomic E-state index is -1.18. The largest absolute Gasteiger partial charge is 0.480 e. The summed E-state index contributed by atoms with van der Waals surface area (Å²) >= 11 is 24.5. The highest BCUT2D eigenvalue weighted by Crippen LogP contribution is 2.38. The standard InChI is InChI=1S/C12H8Cl2N6O4.C11H6Cl2N6O4/c1-24-6(21)3-20-10(17-18-19-20)7-8(14)4(13)2-5-9(7)16-12(23)11(22)15-5;12-3-1-4-8(15-11(23)10(22)14-4)6(7(3)13)9-16-17-18-19(9)2-5(20)21/h2H,3H2,1H3,(H,15,22)(H,16,23);1H,2H2,(H,14,22)(H,15,23)(H,20,21). The number of ether oxygens (including phenoxy) is 1. The fourth-order valence-electron chi connectivity index (χ4n) is 4.12. The third kappa shape index (κ3) is 6.47. The van der Waals surface area contributed by atoms with Crippen LogP contribution in [0.2, 0.25) is 20.1 Å². The van der Waals surface area contributed by atoms with E-state index in [4.69, 9.17) is 51.5 Å². The van der Waals surface area contributed by atoms with Gasteiger partial charge >= 0.3 is 34.2 Å². The minimum absolute atomic E-state index is 0.00306. The van der Waals surface area contributed by atoms with Crippen molar-refractivity contribution in [2.24, 2.45) is 0 Å². The van der Waals surface area contributed by atoms with Crippen LogP contribution in [0.15, 0.2) is 31.3 Å². The molecule has 20 nitrogen and oxygen atoms in total. The van der Waals surface area contributed by atoms with Crippen LogP contribution in [-0.2, 0) is 27.4 Å². The number of hydrogen-bond acceptors (Lipinski definition) is 13. The van der Waals surface area contributed by atoms with Crippen molar-refractivity contribution >= 4 is 80.4 Å². The van der Waals surface area contributed by atoms with E-state index in [0.29, 0.717) is 0 Å². The summed E-state index contributed by atoms with van der Waals surface area (Å²) in [6, 6.07) is 2.74. The van der Waals surface area contributed by atoms with Crippen LogP contribution < -0.4 is 22.2 Å². The number of tetrazole rings is 2. The van der Waals surface area contributed by atoms with E-state index < -0.39 is 40.7 Å². The molecule has 6 aromatic rings. The van der Waals surface area contributed by atoms with Gasteiger partial charge in [0.15, 0.2) is 11.6 Å². The van der Waals surface area contributed by atoms with E-state index in [2.05, 4.69) is 55.7 Å². The van der Waals surface area contributed by atoms with Crippen LogP contribution in [0.5, 0.6) is 0 Å². The van der Waals surface area contributed by atoms with Gasteiger partial charge in [0, 0.05) is 0 Å². The molecule has 4 heterocycles. The maximum Gasteiger partial charge on any atom is 0.327 e. The van der Waals surface area contributed by atoms with E-state index >= 15 is 0 Å². The number of benzene rings is 2. The number of hydrogen-bond donors (Lipinski definition) is 5. The van der Waals surface area contributed by atoms with Crippen LogP contribution in [0.3, 0.4) is 0 Å². The number of methoxy groups -OCH3 is 1. The second kappa shape index (κ2) is 13.1. The van der Waals surface area contributed by atoms with E-state index in [1.807, 2.05) is 0 Å². The molecule has 0 saturated heterocycles. The Bertz CT molecular complexity index is 2460. The number of carboxylic acids is 1. The van der Waals surface area contributed by atoms with Gasteiger partial charge in [0.05, 0.1) is 60.4 Å². The molecule has 47 heavy (non-hydrogen) atoms. The van der Waals surface area contributed by atoms with Crippen molar-refractivity contribution in [1.29, 1.82) is 0 Å². The van der Waals surface area contributed by atoms with Crippen molar-refractivity contribution in [2.75, 3.05) is 7.11 Å². The number of carbonyl (C=O) groups is 2. The first kappa shape index (κ1) is 32.9. The number of carbonyl (C=O) groups excluding carboxylic acids is 1. The van der Waals surface area contributed by atoms with Crippen LogP contribution in [-0.4, -0.2) is 84.5 Å².